The predicted octanol–water partition coefficient (Wildman–Crippen LogP) is -0.148. The number of hydrogen-bond donors (Lipinski definition) is 3. The molecule has 20 heavy (non-hydrogen) atoms. The minimum atomic E-state index is -1.20. The summed E-state index contributed by atoms with van der Waals surface area (Å²) in [5.74, 6) is -2.90. The maximum absolute atomic E-state index is 11.9. The number of aromatic hydroxyl groups is 1. The molecule has 2 amide bonds. The molecule has 1 heterocycles. The first-order chi connectivity index (χ1) is 9.40. The van der Waals surface area contributed by atoms with E-state index >= 15 is 0 Å². The van der Waals surface area contributed by atoms with Crippen LogP contribution in [-0.4, -0.2) is 39.4 Å². The fourth-order valence-electron chi connectivity index (χ4n) is 2.28. The number of carbonyl (C=O) groups excluding carboxylic acids is 2. The number of benzene rings is 1. The molecule has 0 saturated carbocycles. The Kier molecular flexibility index (Phi) is 3.60. The van der Waals surface area contributed by atoms with E-state index in [1.54, 1.807) is 0 Å². The van der Waals surface area contributed by atoms with Gasteiger partial charge in [-0.15, -0.1) is 0 Å². The van der Waals surface area contributed by atoms with Gasteiger partial charge in [0.2, 0.25) is 11.8 Å². The van der Waals surface area contributed by atoms with Crippen LogP contribution in [0.15, 0.2) is 24.3 Å². The highest BCUT2D eigenvalue weighted by atomic mass is 16.4. The van der Waals surface area contributed by atoms with Gasteiger partial charge in [0, 0.05) is 13.0 Å². The van der Waals surface area contributed by atoms with E-state index in [4.69, 9.17) is 5.73 Å². The first-order valence-corrected chi connectivity index (χ1v) is 6.00. The fraction of sp³-hybridized carbons (Fsp3) is 0.308. The second-order valence-electron chi connectivity index (χ2n) is 4.68. The van der Waals surface area contributed by atoms with E-state index in [0.29, 0.717) is 5.56 Å². The van der Waals surface area contributed by atoms with E-state index in [0.717, 1.165) is 4.90 Å². The van der Waals surface area contributed by atoms with Gasteiger partial charge in [0.1, 0.15) is 5.75 Å². The molecule has 0 bridgehead atoms. The SMILES string of the molecule is NC(=O)C1CC(=O)N(C(C(=O)O)c2ccc(O)cc2)C1. The van der Waals surface area contributed by atoms with Crippen LogP contribution in [-0.2, 0) is 14.4 Å². The Bertz CT molecular complexity index is 554. The second kappa shape index (κ2) is 5.20. The number of primary amides is 1. The number of nitrogens with zero attached hydrogens (tertiary/aromatic N) is 1. The summed E-state index contributed by atoms with van der Waals surface area (Å²) in [4.78, 5) is 35.6. The van der Waals surface area contributed by atoms with E-state index in [9.17, 15) is 24.6 Å². The molecule has 2 unspecified atom stereocenters. The molecule has 1 aliphatic heterocycles. The molecule has 1 aliphatic rings. The van der Waals surface area contributed by atoms with E-state index in [-0.39, 0.29) is 18.7 Å². The Hall–Kier alpha value is -2.57. The molecule has 1 saturated heterocycles. The molecule has 0 spiro atoms. The quantitative estimate of drug-likeness (QED) is 0.707. The molecular formula is C13H14N2O5. The summed E-state index contributed by atoms with van der Waals surface area (Å²) in [6.07, 6.45) is -0.0722. The van der Waals surface area contributed by atoms with Crippen molar-refractivity contribution in [2.75, 3.05) is 6.54 Å². The lowest BCUT2D eigenvalue weighted by Gasteiger charge is -2.24. The van der Waals surface area contributed by atoms with Crippen molar-refractivity contribution >= 4 is 17.8 Å². The number of amides is 2. The summed E-state index contributed by atoms with van der Waals surface area (Å²) in [5.41, 5.74) is 5.51. The van der Waals surface area contributed by atoms with Crippen LogP contribution in [0.5, 0.6) is 5.75 Å². The average Bonchev–Trinajstić information content (AvgIpc) is 2.74. The lowest BCUT2D eigenvalue weighted by molar-refractivity contribution is -0.148. The van der Waals surface area contributed by atoms with Crippen molar-refractivity contribution in [3.63, 3.8) is 0 Å². The zero-order valence-corrected chi connectivity index (χ0v) is 10.5. The van der Waals surface area contributed by atoms with E-state index in [2.05, 4.69) is 0 Å². The van der Waals surface area contributed by atoms with Crippen molar-refractivity contribution in [3.05, 3.63) is 29.8 Å². The minimum Gasteiger partial charge on any atom is -0.508 e. The summed E-state index contributed by atoms with van der Waals surface area (Å²) in [7, 11) is 0. The number of carbonyl (C=O) groups is 3. The summed E-state index contributed by atoms with van der Waals surface area (Å²) >= 11 is 0. The molecule has 4 N–H and O–H groups in total. The van der Waals surface area contributed by atoms with E-state index in [1.165, 1.54) is 24.3 Å². The number of hydrogen-bond acceptors (Lipinski definition) is 4. The van der Waals surface area contributed by atoms with Gasteiger partial charge in [0.25, 0.3) is 0 Å². The Morgan fingerprint density at radius 1 is 1.30 bits per heavy atom. The van der Waals surface area contributed by atoms with Crippen LogP contribution in [0.25, 0.3) is 0 Å². The van der Waals surface area contributed by atoms with Gasteiger partial charge in [-0.2, -0.15) is 0 Å². The van der Waals surface area contributed by atoms with Crippen LogP contribution < -0.4 is 5.73 Å². The van der Waals surface area contributed by atoms with Gasteiger partial charge >= 0.3 is 5.97 Å². The largest absolute Gasteiger partial charge is 0.508 e. The summed E-state index contributed by atoms with van der Waals surface area (Å²) in [6.45, 7) is -0.00793. The third-order valence-electron chi connectivity index (χ3n) is 3.32. The molecule has 106 valence electrons. The van der Waals surface area contributed by atoms with Crippen molar-refractivity contribution in [2.45, 2.75) is 12.5 Å². The highest BCUT2D eigenvalue weighted by Gasteiger charge is 2.40. The second-order valence-corrected chi connectivity index (χ2v) is 4.68. The van der Waals surface area contributed by atoms with Gasteiger partial charge in [-0.1, -0.05) is 12.1 Å². The lowest BCUT2D eigenvalue weighted by atomic mass is 10.1. The number of aliphatic carboxylic acids is 1. The standard InChI is InChI=1S/C13H14N2O5/c14-12(18)8-5-10(17)15(6-8)11(13(19)20)7-1-3-9(16)4-2-7/h1-4,8,11,16H,5-6H2,(H2,14,18)(H,19,20). The number of carboxylic acid groups (broad SMARTS) is 1. The van der Waals surface area contributed by atoms with Gasteiger partial charge in [-0.05, 0) is 17.7 Å². The van der Waals surface area contributed by atoms with Gasteiger partial charge in [-0.25, -0.2) is 4.79 Å². The zero-order valence-electron chi connectivity index (χ0n) is 10.5. The highest BCUT2D eigenvalue weighted by molar-refractivity contribution is 5.91. The van der Waals surface area contributed by atoms with Crippen LogP contribution >= 0.6 is 0 Å². The normalized spacial score (nSPS) is 19.9. The molecule has 1 aromatic carbocycles. The van der Waals surface area contributed by atoms with Crippen molar-refractivity contribution in [3.8, 4) is 5.75 Å². The van der Waals surface area contributed by atoms with Crippen molar-refractivity contribution in [1.82, 2.24) is 4.90 Å². The molecule has 7 heteroatoms. The number of rotatable bonds is 4. The molecule has 2 rings (SSSR count). The fourth-order valence-corrected chi connectivity index (χ4v) is 2.28. The number of phenolic OH excluding ortho intramolecular Hbond substituents is 1. The summed E-state index contributed by atoms with van der Waals surface area (Å²) in [5, 5.41) is 18.5. The maximum atomic E-state index is 11.9. The van der Waals surface area contributed by atoms with Crippen LogP contribution in [0.3, 0.4) is 0 Å². The van der Waals surface area contributed by atoms with Crippen LogP contribution in [0.4, 0.5) is 0 Å². The first-order valence-electron chi connectivity index (χ1n) is 6.00. The van der Waals surface area contributed by atoms with Crippen molar-refractivity contribution in [2.24, 2.45) is 11.7 Å². The maximum Gasteiger partial charge on any atom is 0.331 e. The molecular weight excluding hydrogens is 264 g/mol. The molecule has 2 atom stereocenters. The van der Waals surface area contributed by atoms with Gasteiger partial charge in [-0.3, -0.25) is 9.59 Å². The highest BCUT2D eigenvalue weighted by Crippen LogP contribution is 2.29. The van der Waals surface area contributed by atoms with Crippen molar-refractivity contribution in [1.29, 1.82) is 0 Å². The molecule has 1 fully saturated rings. The predicted molar refractivity (Wildman–Crippen MR) is 67.5 cm³/mol. The smallest absolute Gasteiger partial charge is 0.331 e. The minimum absolute atomic E-state index is 0.000602. The van der Waals surface area contributed by atoms with Gasteiger partial charge < -0.3 is 20.8 Å². The van der Waals surface area contributed by atoms with Crippen LogP contribution in [0, 0.1) is 5.92 Å². The lowest BCUT2D eigenvalue weighted by Crippen LogP contribution is -2.36. The molecule has 0 aromatic heterocycles. The summed E-state index contributed by atoms with van der Waals surface area (Å²) < 4.78 is 0. The Morgan fingerprint density at radius 2 is 1.90 bits per heavy atom. The third kappa shape index (κ3) is 2.56. The molecule has 0 radical (unpaired) electrons. The third-order valence-corrected chi connectivity index (χ3v) is 3.32. The molecule has 7 nitrogen and oxygen atoms in total. The monoisotopic (exact) mass is 278 g/mol. The summed E-state index contributed by atoms with van der Waals surface area (Å²) in [6, 6.07) is 4.36. The molecule has 0 aliphatic carbocycles. The molecule has 1 aromatic rings. The number of carboxylic acids is 1. The number of nitrogens with two attached hydrogens (primary N) is 1. The Morgan fingerprint density at radius 3 is 2.35 bits per heavy atom. The Balaban J connectivity index is 2.30. The van der Waals surface area contributed by atoms with E-state index in [1.807, 2.05) is 0 Å². The number of phenols is 1. The average molecular weight is 278 g/mol. The number of likely N-dealkylation sites (tertiary alicyclic amines) is 1. The van der Waals surface area contributed by atoms with Gasteiger partial charge in [0.05, 0.1) is 5.92 Å². The van der Waals surface area contributed by atoms with Crippen LogP contribution in [0.1, 0.15) is 18.0 Å². The first kappa shape index (κ1) is 13.9. The van der Waals surface area contributed by atoms with Crippen molar-refractivity contribution < 1.29 is 24.6 Å². The zero-order chi connectivity index (χ0) is 14.9. The van der Waals surface area contributed by atoms with Gasteiger partial charge in [0.15, 0.2) is 6.04 Å². The topological polar surface area (TPSA) is 121 Å². The Labute approximate surface area is 114 Å². The van der Waals surface area contributed by atoms with Crippen LogP contribution in [0.2, 0.25) is 0 Å². The van der Waals surface area contributed by atoms with E-state index < -0.39 is 29.7 Å².